The lowest BCUT2D eigenvalue weighted by atomic mass is 10.5. The molecule has 0 spiro atoms. The van der Waals surface area contributed by atoms with E-state index in [0.717, 1.165) is 18.7 Å². The minimum absolute atomic E-state index is 0.213. The number of thioether (sulfide) groups is 1. The Labute approximate surface area is 53.8 Å². The van der Waals surface area contributed by atoms with Gasteiger partial charge in [-0.15, -0.1) is 0 Å². The van der Waals surface area contributed by atoms with E-state index in [9.17, 15) is 4.39 Å². The van der Waals surface area contributed by atoms with Crippen LogP contribution in [-0.2, 0) is 0 Å². The molecule has 3 heteroatoms. The molecule has 0 saturated carbocycles. The number of hydrogen-bond donors (Lipinski definition) is 1. The Kier molecular flexibility index (Phi) is 7.46. The average molecular weight is 137 g/mol. The van der Waals surface area contributed by atoms with Crippen molar-refractivity contribution in [2.24, 2.45) is 5.73 Å². The van der Waals surface area contributed by atoms with Crippen LogP contribution in [0.5, 0.6) is 0 Å². The fourth-order valence-electron chi connectivity index (χ4n) is 0.342. The molecule has 0 aliphatic rings. The van der Waals surface area contributed by atoms with Crippen molar-refractivity contribution in [1.82, 2.24) is 0 Å². The highest BCUT2D eigenvalue weighted by molar-refractivity contribution is 7.99. The smallest absolute Gasteiger partial charge is 0.0984 e. The first kappa shape index (κ1) is 8.24. The normalized spacial score (nSPS) is 9.75. The number of halogens is 1. The minimum Gasteiger partial charge on any atom is -0.330 e. The second-order valence-electron chi connectivity index (χ2n) is 1.44. The summed E-state index contributed by atoms with van der Waals surface area (Å²) in [7, 11) is 0. The zero-order valence-corrected chi connectivity index (χ0v) is 5.72. The summed E-state index contributed by atoms with van der Waals surface area (Å²) in [5, 5.41) is 0. The van der Waals surface area contributed by atoms with Gasteiger partial charge in [-0.2, -0.15) is 11.8 Å². The number of alkyl halides is 1. The van der Waals surface area contributed by atoms with Gasteiger partial charge in [0.15, 0.2) is 0 Å². The van der Waals surface area contributed by atoms with Crippen molar-refractivity contribution in [3.63, 3.8) is 0 Å². The Morgan fingerprint density at radius 1 is 1.38 bits per heavy atom. The van der Waals surface area contributed by atoms with Crippen LogP contribution in [0.4, 0.5) is 4.39 Å². The van der Waals surface area contributed by atoms with E-state index in [1.807, 2.05) is 0 Å². The van der Waals surface area contributed by atoms with E-state index < -0.39 is 0 Å². The maximum atomic E-state index is 11.4. The number of rotatable bonds is 5. The summed E-state index contributed by atoms with van der Waals surface area (Å²) >= 11 is 1.62. The fraction of sp³-hybridized carbons (Fsp3) is 1.00. The van der Waals surface area contributed by atoms with E-state index in [-0.39, 0.29) is 6.67 Å². The molecule has 0 atom stereocenters. The minimum atomic E-state index is -0.213. The lowest BCUT2D eigenvalue weighted by Crippen LogP contribution is -1.99. The van der Waals surface area contributed by atoms with Gasteiger partial charge in [0.25, 0.3) is 0 Å². The number of nitrogens with two attached hydrogens (primary N) is 1. The third-order valence-corrected chi connectivity index (χ3v) is 1.73. The predicted octanol–water partition coefficient (Wildman–Crippen LogP) is 1.04. The van der Waals surface area contributed by atoms with Crippen LogP contribution in [0.2, 0.25) is 0 Å². The zero-order valence-electron chi connectivity index (χ0n) is 4.90. The summed E-state index contributed by atoms with van der Waals surface area (Å²) in [5.74, 6) is 1.63. The Morgan fingerprint density at radius 2 is 2.12 bits per heavy atom. The van der Waals surface area contributed by atoms with E-state index in [2.05, 4.69) is 0 Å². The van der Waals surface area contributed by atoms with Crippen molar-refractivity contribution < 1.29 is 4.39 Å². The van der Waals surface area contributed by atoms with Crippen molar-refractivity contribution in [1.29, 1.82) is 0 Å². The summed E-state index contributed by atoms with van der Waals surface area (Å²) < 4.78 is 11.4. The first-order valence-electron chi connectivity index (χ1n) is 2.75. The first-order chi connectivity index (χ1) is 3.91. The molecule has 0 radical (unpaired) electrons. The van der Waals surface area contributed by atoms with Crippen molar-refractivity contribution in [2.45, 2.75) is 6.42 Å². The van der Waals surface area contributed by atoms with Gasteiger partial charge in [-0.25, -0.2) is 0 Å². The van der Waals surface area contributed by atoms with Gasteiger partial charge in [0.05, 0.1) is 6.67 Å². The monoisotopic (exact) mass is 137 g/mol. The molecule has 8 heavy (non-hydrogen) atoms. The SMILES string of the molecule is NCCCSCCF. The van der Waals surface area contributed by atoms with Crippen molar-refractivity contribution >= 4 is 11.8 Å². The maximum Gasteiger partial charge on any atom is 0.0984 e. The van der Waals surface area contributed by atoms with Crippen LogP contribution in [0.15, 0.2) is 0 Å². The van der Waals surface area contributed by atoms with E-state index in [4.69, 9.17) is 5.73 Å². The highest BCUT2D eigenvalue weighted by atomic mass is 32.2. The molecule has 0 rings (SSSR count). The number of hydrogen-bond acceptors (Lipinski definition) is 2. The molecule has 0 aromatic rings. The fourth-order valence-corrected chi connectivity index (χ4v) is 1.03. The molecule has 0 heterocycles. The van der Waals surface area contributed by atoms with Gasteiger partial charge in [0.1, 0.15) is 0 Å². The van der Waals surface area contributed by atoms with Crippen LogP contribution < -0.4 is 5.73 Å². The molecule has 0 unspecified atom stereocenters. The summed E-state index contributed by atoms with van der Waals surface area (Å²) in [4.78, 5) is 0. The molecule has 0 aliphatic heterocycles. The third-order valence-electron chi connectivity index (χ3n) is 0.714. The molecule has 50 valence electrons. The standard InChI is InChI=1S/C5H12FNS/c6-2-5-8-4-1-3-7/h1-5,7H2. The van der Waals surface area contributed by atoms with Crippen LogP contribution >= 0.6 is 11.8 Å². The Bertz CT molecular complexity index is 37.4. The Hall–Kier alpha value is 0.240. The molecule has 0 saturated heterocycles. The Balaban J connectivity index is 2.53. The third kappa shape index (κ3) is 6.24. The van der Waals surface area contributed by atoms with Gasteiger partial charge in [0, 0.05) is 5.75 Å². The molecule has 1 nitrogen and oxygen atoms in total. The molecule has 0 aliphatic carbocycles. The highest BCUT2D eigenvalue weighted by Crippen LogP contribution is 1.99. The lowest BCUT2D eigenvalue weighted by molar-refractivity contribution is 0.532. The summed E-state index contributed by atoms with van der Waals surface area (Å²) in [6, 6.07) is 0. The largest absolute Gasteiger partial charge is 0.330 e. The van der Waals surface area contributed by atoms with Gasteiger partial charge in [0.2, 0.25) is 0 Å². The van der Waals surface area contributed by atoms with E-state index >= 15 is 0 Å². The van der Waals surface area contributed by atoms with Gasteiger partial charge >= 0.3 is 0 Å². The van der Waals surface area contributed by atoms with Crippen LogP contribution in [-0.4, -0.2) is 24.7 Å². The van der Waals surface area contributed by atoms with Gasteiger partial charge in [-0.1, -0.05) is 0 Å². The molecule has 0 amide bonds. The first-order valence-corrected chi connectivity index (χ1v) is 3.91. The van der Waals surface area contributed by atoms with Gasteiger partial charge < -0.3 is 5.73 Å². The molecule has 2 N–H and O–H groups in total. The zero-order chi connectivity index (χ0) is 6.24. The van der Waals surface area contributed by atoms with Crippen LogP contribution in [0.25, 0.3) is 0 Å². The maximum absolute atomic E-state index is 11.4. The molecule has 0 bridgehead atoms. The highest BCUT2D eigenvalue weighted by Gasteiger charge is 1.84. The second-order valence-corrected chi connectivity index (χ2v) is 2.67. The molecule has 0 aromatic carbocycles. The molecule has 0 fully saturated rings. The summed E-state index contributed by atoms with van der Waals surface area (Å²) in [6.07, 6.45) is 1.00. The van der Waals surface area contributed by atoms with E-state index in [0.29, 0.717) is 5.75 Å². The van der Waals surface area contributed by atoms with Crippen LogP contribution in [0.1, 0.15) is 6.42 Å². The molecule has 0 aromatic heterocycles. The van der Waals surface area contributed by atoms with Crippen LogP contribution in [0, 0.1) is 0 Å². The van der Waals surface area contributed by atoms with Gasteiger partial charge in [-0.3, -0.25) is 4.39 Å². The average Bonchev–Trinajstić information content (AvgIpc) is 1.81. The second kappa shape index (κ2) is 7.24. The predicted molar refractivity (Wildman–Crippen MR) is 37.0 cm³/mol. The summed E-state index contributed by atoms with van der Waals surface area (Å²) in [5.41, 5.74) is 5.20. The lowest BCUT2D eigenvalue weighted by Gasteiger charge is -1.93. The van der Waals surface area contributed by atoms with Crippen molar-refractivity contribution in [3.05, 3.63) is 0 Å². The van der Waals surface area contributed by atoms with Crippen molar-refractivity contribution in [3.8, 4) is 0 Å². The van der Waals surface area contributed by atoms with E-state index in [1.165, 1.54) is 0 Å². The quantitative estimate of drug-likeness (QED) is 0.573. The van der Waals surface area contributed by atoms with Crippen LogP contribution in [0.3, 0.4) is 0 Å². The summed E-state index contributed by atoms with van der Waals surface area (Å²) in [6.45, 7) is 0.508. The topological polar surface area (TPSA) is 26.0 Å². The Morgan fingerprint density at radius 3 is 2.62 bits per heavy atom. The van der Waals surface area contributed by atoms with Gasteiger partial charge in [-0.05, 0) is 18.7 Å². The molecular weight excluding hydrogens is 125 g/mol. The molecular formula is C5H12FNS. The van der Waals surface area contributed by atoms with E-state index in [1.54, 1.807) is 11.8 Å². The van der Waals surface area contributed by atoms with Crippen molar-refractivity contribution in [2.75, 3.05) is 24.7 Å².